The second kappa shape index (κ2) is 12.9. The highest BCUT2D eigenvalue weighted by Gasteiger charge is 2.71. The monoisotopic (exact) mass is 695 g/mol. The van der Waals surface area contributed by atoms with Crippen LogP contribution in [0.15, 0.2) is 12.2 Å². The van der Waals surface area contributed by atoms with Gasteiger partial charge in [0.1, 0.15) is 6.10 Å². The molecule has 50 heavy (non-hydrogen) atoms. The Balaban J connectivity index is 1.22. The van der Waals surface area contributed by atoms with Gasteiger partial charge in [0.2, 0.25) is 5.91 Å². The van der Waals surface area contributed by atoms with Crippen molar-refractivity contribution in [1.29, 1.82) is 0 Å². The molecular weight excluding hydrogens is 624 g/mol. The van der Waals surface area contributed by atoms with E-state index in [2.05, 4.69) is 53.4 Å². The first-order valence-corrected chi connectivity index (χ1v) is 20.3. The number of hydrogen-bond acceptors (Lipinski definition) is 5. The molecule has 6 fully saturated rings. The molecule has 0 heterocycles. The number of hydrogen-bond donors (Lipinski definition) is 3. The summed E-state index contributed by atoms with van der Waals surface area (Å²) in [5, 5.41) is 12.8. The summed E-state index contributed by atoms with van der Waals surface area (Å²) < 4.78 is 6.28. The van der Waals surface area contributed by atoms with Gasteiger partial charge in [-0.3, -0.25) is 14.4 Å². The number of ether oxygens (including phenoxy) is 1. The van der Waals surface area contributed by atoms with E-state index in [0.29, 0.717) is 36.0 Å². The molecule has 0 aliphatic heterocycles. The van der Waals surface area contributed by atoms with Crippen molar-refractivity contribution in [3.8, 4) is 0 Å². The van der Waals surface area contributed by atoms with E-state index in [9.17, 15) is 19.5 Å². The minimum absolute atomic E-state index is 0.0468. The molecule has 7 heteroatoms. The first kappa shape index (κ1) is 37.9. The van der Waals surface area contributed by atoms with E-state index in [4.69, 9.17) is 10.5 Å². The highest BCUT2D eigenvalue weighted by atomic mass is 16.5. The fourth-order valence-corrected chi connectivity index (χ4v) is 14.6. The van der Waals surface area contributed by atoms with Crippen molar-refractivity contribution in [1.82, 2.24) is 5.32 Å². The lowest BCUT2D eigenvalue weighted by Gasteiger charge is -2.73. The second-order valence-electron chi connectivity index (χ2n) is 20.8. The summed E-state index contributed by atoms with van der Waals surface area (Å²) in [6.07, 6.45) is 14.8. The molecule has 0 aromatic carbocycles. The lowest BCUT2D eigenvalue weighted by molar-refractivity contribution is -0.250. The largest absolute Gasteiger partial charge is 0.481 e. The molecule has 6 aliphatic rings. The molecule has 0 spiro atoms. The summed E-state index contributed by atoms with van der Waals surface area (Å²) in [5.41, 5.74) is 7.35. The third kappa shape index (κ3) is 6.19. The minimum atomic E-state index is -0.882. The summed E-state index contributed by atoms with van der Waals surface area (Å²) in [5.74, 6) is 1.75. The Bertz CT molecular complexity index is 1370. The van der Waals surface area contributed by atoms with Gasteiger partial charge in [-0.05, 0) is 147 Å². The Morgan fingerprint density at radius 3 is 2.22 bits per heavy atom. The number of rotatable bonds is 9. The summed E-state index contributed by atoms with van der Waals surface area (Å²) >= 11 is 0. The minimum Gasteiger partial charge on any atom is -0.481 e. The van der Waals surface area contributed by atoms with Crippen molar-refractivity contribution in [3.63, 3.8) is 0 Å². The van der Waals surface area contributed by atoms with Crippen LogP contribution in [0.25, 0.3) is 0 Å². The van der Waals surface area contributed by atoms with Gasteiger partial charge in [-0.1, -0.05) is 60.6 Å². The van der Waals surface area contributed by atoms with Gasteiger partial charge in [0.25, 0.3) is 0 Å². The third-order valence-corrected chi connectivity index (χ3v) is 17.1. The fourth-order valence-electron chi connectivity index (χ4n) is 14.6. The first-order chi connectivity index (χ1) is 23.2. The number of carbonyl (C=O) groups excluding carboxylic acids is 2. The van der Waals surface area contributed by atoms with Crippen molar-refractivity contribution in [2.75, 3.05) is 0 Å². The first-order valence-electron chi connectivity index (χ1n) is 20.3. The van der Waals surface area contributed by atoms with E-state index in [1.807, 2.05) is 13.8 Å². The molecule has 0 aromatic rings. The quantitative estimate of drug-likeness (QED) is 0.164. The van der Waals surface area contributed by atoms with Gasteiger partial charge in [0.05, 0.1) is 12.8 Å². The van der Waals surface area contributed by atoms with Gasteiger partial charge in [-0.25, -0.2) is 0 Å². The molecule has 0 saturated heterocycles. The van der Waals surface area contributed by atoms with E-state index in [1.54, 1.807) is 0 Å². The van der Waals surface area contributed by atoms with E-state index >= 15 is 0 Å². The van der Waals surface area contributed by atoms with Crippen molar-refractivity contribution in [2.45, 2.75) is 176 Å². The van der Waals surface area contributed by atoms with Crippen molar-refractivity contribution < 1.29 is 24.2 Å². The molecule has 12 atom stereocenters. The fraction of sp³-hybridized carbons (Fsp3) is 0.884. The predicted octanol–water partition coefficient (Wildman–Crippen LogP) is 8.83. The maximum absolute atomic E-state index is 13.8. The molecule has 0 bridgehead atoms. The standard InChI is InChI=1S/C43H70N2O5/c1-26(2)29-14-19-43(23-34(46)45-28-11-10-27(44)22-28)21-20-41(8)30(37(29)43)12-13-32-40(7)17-16-33(39(5,6)31(40)15-18-42(32,41)9)50-36(49)25-38(3,4)24-35(47)48/h27-33,37H,1,10-25,44H2,2-9H3,(H,45,46)(H,47,48)/t27-,28+,29+,30-,31+,32-,33+,37-,40+,41-,42-,43-/m1/s1. The zero-order valence-corrected chi connectivity index (χ0v) is 32.8. The molecule has 6 aliphatic carbocycles. The van der Waals surface area contributed by atoms with Crippen LogP contribution in [0.5, 0.6) is 0 Å². The van der Waals surface area contributed by atoms with Crippen LogP contribution in [0.3, 0.4) is 0 Å². The Morgan fingerprint density at radius 2 is 1.58 bits per heavy atom. The predicted molar refractivity (Wildman–Crippen MR) is 198 cm³/mol. The highest BCUT2D eigenvalue weighted by molar-refractivity contribution is 5.77. The lowest BCUT2D eigenvalue weighted by atomic mass is 9.32. The van der Waals surface area contributed by atoms with Gasteiger partial charge in [-0.15, -0.1) is 0 Å². The molecule has 6 rings (SSSR count). The van der Waals surface area contributed by atoms with Gasteiger partial charge in [-0.2, -0.15) is 0 Å². The Hall–Kier alpha value is -1.89. The zero-order chi connectivity index (χ0) is 36.7. The number of allylic oxidation sites excluding steroid dienone is 1. The van der Waals surface area contributed by atoms with E-state index in [1.165, 1.54) is 31.3 Å². The van der Waals surface area contributed by atoms with Gasteiger partial charge in [0.15, 0.2) is 0 Å². The maximum Gasteiger partial charge on any atom is 0.306 e. The molecule has 6 saturated carbocycles. The van der Waals surface area contributed by atoms with Crippen LogP contribution >= 0.6 is 0 Å². The number of carbonyl (C=O) groups is 3. The number of aliphatic carboxylic acids is 1. The summed E-state index contributed by atoms with van der Waals surface area (Å²) in [6, 6.07) is 0.448. The Morgan fingerprint density at radius 1 is 0.860 bits per heavy atom. The van der Waals surface area contributed by atoms with E-state index < -0.39 is 11.4 Å². The van der Waals surface area contributed by atoms with E-state index in [-0.39, 0.29) is 70.0 Å². The highest BCUT2D eigenvalue weighted by Crippen LogP contribution is 2.78. The van der Waals surface area contributed by atoms with Crippen LogP contribution in [-0.4, -0.2) is 41.1 Å². The van der Waals surface area contributed by atoms with Gasteiger partial charge >= 0.3 is 11.9 Å². The molecule has 0 radical (unpaired) electrons. The van der Waals surface area contributed by atoms with Crippen LogP contribution in [-0.2, 0) is 19.1 Å². The third-order valence-electron chi connectivity index (χ3n) is 17.1. The number of carboxylic acid groups (broad SMARTS) is 1. The maximum atomic E-state index is 13.8. The number of fused-ring (bicyclic) bond motifs is 7. The Labute approximate surface area is 303 Å². The number of nitrogens with one attached hydrogen (secondary N) is 1. The van der Waals surface area contributed by atoms with E-state index in [0.717, 1.165) is 57.8 Å². The molecule has 4 N–H and O–H groups in total. The van der Waals surface area contributed by atoms with Crippen LogP contribution in [0.2, 0.25) is 0 Å². The molecular formula is C43H70N2O5. The topological polar surface area (TPSA) is 119 Å². The number of amides is 1. The van der Waals surface area contributed by atoms with Crippen LogP contribution in [0.1, 0.15) is 158 Å². The Kier molecular flexibility index (Phi) is 9.77. The van der Waals surface area contributed by atoms with Crippen LogP contribution in [0.4, 0.5) is 0 Å². The molecule has 7 nitrogen and oxygen atoms in total. The molecule has 0 unspecified atom stereocenters. The molecule has 282 valence electrons. The van der Waals surface area contributed by atoms with Crippen LogP contribution in [0, 0.1) is 62.1 Å². The van der Waals surface area contributed by atoms with Crippen molar-refractivity contribution >= 4 is 17.8 Å². The molecule has 0 aromatic heterocycles. The smallest absolute Gasteiger partial charge is 0.306 e. The van der Waals surface area contributed by atoms with Gasteiger partial charge in [0, 0.05) is 23.9 Å². The lowest BCUT2D eigenvalue weighted by Crippen LogP contribution is -2.67. The number of esters is 1. The summed E-state index contributed by atoms with van der Waals surface area (Å²) in [4.78, 5) is 38.4. The van der Waals surface area contributed by atoms with Crippen LogP contribution < -0.4 is 11.1 Å². The molecule has 1 amide bonds. The second-order valence-corrected chi connectivity index (χ2v) is 20.8. The van der Waals surface area contributed by atoms with Gasteiger partial charge < -0.3 is 20.9 Å². The normalized spacial score (nSPS) is 45.0. The van der Waals surface area contributed by atoms with Crippen molar-refractivity contribution in [3.05, 3.63) is 12.2 Å². The number of carboxylic acids is 1. The number of nitrogens with two attached hydrogens (primary N) is 1. The van der Waals surface area contributed by atoms with Crippen molar-refractivity contribution in [2.24, 2.45) is 67.8 Å². The zero-order valence-electron chi connectivity index (χ0n) is 32.8. The average Bonchev–Trinajstić information content (AvgIpc) is 3.57. The average molecular weight is 695 g/mol. The summed E-state index contributed by atoms with van der Waals surface area (Å²) in [6.45, 7) is 23.0. The summed E-state index contributed by atoms with van der Waals surface area (Å²) in [7, 11) is 0. The SMILES string of the molecule is C=C(C)[C@@H]1CC[C@]2(CC(=O)N[C@H]3CC[C@@H](N)C3)CC[C@]3(C)[C@H](CC[C@@H]4[C@@]5(C)CC[C@H](OC(=O)CC(C)(C)CC(=O)O)C(C)(C)[C@@H]5CC[C@]43C)[C@@H]12.